The summed E-state index contributed by atoms with van der Waals surface area (Å²) in [7, 11) is 0. The quantitative estimate of drug-likeness (QED) is 0.879. The number of anilines is 1. The first-order valence-corrected chi connectivity index (χ1v) is 8.77. The highest BCUT2D eigenvalue weighted by atomic mass is 16.5. The van der Waals surface area contributed by atoms with Crippen molar-refractivity contribution in [1.29, 1.82) is 0 Å². The number of morpholine rings is 1. The third kappa shape index (κ3) is 3.95. The van der Waals surface area contributed by atoms with Crippen LogP contribution in [0.25, 0.3) is 0 Å². The molecule has 3 heterocycles. The van der Waals surface area contributed by atoms with Gasteiger partial charge in [0, 0.05) is 31.1 Å². The minimum Gasteiger partial charge on any atom is -0.378 e. The lowest BCUT2D eigenvalue weighted by Crippen LogP contribution is -2.52. The highest BCUT2D eigenvalue weighted by molar-refractivity contribution is 5.96. The van der Waals surface area contributed by atoms with Crippen molar-refractivity contribution in [3.8, 4) is 0 Å². The predicted molar refractivity (Wildman–Crippen MR) is 91.3 cm³/mol. The van der Waals surface area contributed by atoms with Gasteiger partial charge in [0.25, 0.3) is 0 Å². The first kappa shape index (κ1) is 17.7. The zero-order chi connectivity index (χ0) is 18.0. The number of nitrogens with one attached hydrogen (secondary N) is 1. The number of urea groups is 1. The van der Waals surface area contributed by atoms with Gasteiger partial charge >= 0.3 is 6.03 Å². The third-order valence-electron chi connectivity index (χ3n) is 4.61. The second kappa shape index (κ2) is 7.03. The molecule has 0 radical (unpaired) electrons. The molecule has 2 aliphatic rings. The molecule has 25 heavy (non-hydrogen) atoms. The number of nitrogens with zero attached hydrogens (tertiary/aromatic N) is 3. The fourth-order valence-corrected chi connectivity index (χ4v) is 3.10. The second-order valence-electron chi connectivity index (χ2n) is 7.55. The maximum atomic E-state index is 12.7. The Hall–Kier alpha value is -2.09. The summed E-state index contributed by atoms with van der Waals surface area (Å²) in [5.41, 5.74) is 0.619. The van der Waals surface area contributed by atoms with Gasteiger partial charge in [-0.1, -0.05) is 25.9 Å². The molecule has 2 fully saturated rings. The zero-order valence-corrected chi connectivity index (χ0v) is 15.1. The smallest absolute Gasteiger partial charge is 0.320 e. The molecule has 1 aromatic heterocycles. The molecular formula is C17H26N4O4. The van der Waals surface area contributed by atoms with E-state index in [2.05, 4.69) is 10.5 Å². The Morgan fingerprint density at radius 3 is 2.60 bits per heavy atom. The molecule has 0 aromatic carbocycles. The lowest BCUT2D eigenvalue weighted by molar-refractivity contribution is -0.120. The van der Waals surface area contributed by atoms with Crippen LogP contribution in [0.15, 0.2) is 10.6 Å². The van der Waals surface area contributed by atoms with E-state index in [1.807, 2.05) is 20.8 Å². The van der Waals surface area contributed by atoms with Gasteiger partial charge in [0.15, 0.2) is 0 Å². The lowest BCUT2D eigenvalue weighted by Gasteiger charge is -2.33. The van der Waals surface area contributed by atoms with Gasteiger partial charge in [0.2, 0.25) is 11.8 Å². The number of hydrogen-bond acceptors (Lipinski definition) is 5. The van der Waals surface area contributed by atoms with E-state index in [4.69, 9.17) is 9.26 Å². The number of hydrogen-bond donors (Lipinski definition) is 1. The lowest BCUT2D eigenvalue weighted by atomic mass is 9.92. The van der Waals surface area contributed by atoms with Crippen molar-refractivity contribution in [2.75, 3.05) is 38.2 Å². The van der Waals surface area contributed by atoms with Crippen molar-refractivity contribution in [3.05, 3.63) is 11.8 Å². The third-order valence-corrected chi connectivity index (χ3v) is 4.61. The molecule has 2 aliphatic heterocycles. The van der Waals surface area contributed by atoms with Crippen molar-refractivity contribution < 1.29 is 18.8 Å². The van der Waals surface area contributed by atoms with Crippen molar-refractivity contribution in [3.63, 3.8) is 0 Å². The van der Waals surface area contributed by atoms with Gasteiger partial charge in [-0.2, -0.15) is 0 Å². The summed E-state index contributed by atoms with van der Waals surface area (Å²) >= 11 is 0. The number of likely N-dealkylation sites (tertiary alicyclic amines) is 1. The number of rotatable bonds is 2. The van der Waals surface area contributed by atoms with Crippen LogP contribution < -0.4 is 5.32 Å². The highest BCUT2D eigenvalue weighted by Crippen LogP contribution is 2.25. The maximum absolute atomic E-state index is 12.7. The van der Waals surface area contributed by atoms with E-state index in [-0.39, 0.29) is 17.4 Å². The standard InChI is InChI=1S/C17H26N4O4/c1-17(2,3)13-11-14(25-19-13)18-15(22)12-5-4-6-21(12)16(23)20-7-9-24-10-8-20/h11-12H,4-10H2,1-3H3,(H,18,22)/t12-/m0/s1. The van der Waals surface area contributed by atoms with Gasteiger partial charge in [-0.25, -0.2) is 4.79 Å². The van der Waals surface area contributed by atoms with E-state index in [0.29, 0.717) is 45.2 Å². The molecule has 1 aromatic rings. The molecule has 2 saturated heterocycles. The fraction of sp³-hybridized carbons (Fsp3) is 0.706. The summed E-state index contributed by atoms with van der Waals surface area (Å²) in [5, 5.41) is 6.76. The molecule has 0 spiro atoms. The predicted octanol–water partition coefficient (Wildman–Crippen LogP) is 1.83. The summed E-state index contributed by atoms with van der Waals surface area (Å²) in [5.74, 6) is 0.0938. The van der Waals surface area contributed by atoms with E-state index >= 15 is 0 Å². The van der Waals surface area contributed by atoms with Crippen LogP contribution in [0.2, 0.25) is 0 Å². The van der Waals surface area contributed by atoms with Crippen LogP contribution in [0.4, 0.5) is 10.7 Å². The van der Waals surface area contributed by atoms with Crippen LogP contribution in [-0.2, 0) is 14.9 Å². The van der Waals surface area contributed by atoms with E-state index in [9.17, 15) is 9.59 Å². The Balaban J connectivity index is 1.64. The van der Waals surface area contributed by atoms with Crippen molar-refractivity contribution in [1.82, 2.24) is 15.0 Å². The number of carbonyl (C=O) groups excluding carboxylic acids is 2. The maximum Gasteiger partial charge on any atom is 0.320 e. The minimum absolute atomic E-state index is 0.0890. The van der Waals surface area contributed by atoms with Gasteiger partial charge in [-0.05, 0) is 12.8 Å². The van der Waals surface area contributed by atoms with Crippen LogP contribution in [0.3, 0.4) is 0 Å². The second-order valence-corrected chi connectivity index (χ2v) is 7.55. The Morgan fingerprint density at radius 2 is 1.96 bits per heavy atom. The molecule has 0 aliphatic carbocycles. The summed E-state index contributed by atoms with van der Waals surface area (Å²) in [6, 6.07) is 1.17. The fourth-order valence-electron chi connectivity index (χ4n) is 3.10. The molecular weight excluding hydrogens is 324 g/mol. The average Bonchev–Trinajstić information content (AvgIpc) is 3.23. The van der Waals surface area contributed by atoms with E-state index in [0.717, 1.165) is 12.1 Å². The monoisotopic (exact) mass is 350 g/mol. The van der Waals surface area contributed by atoms with Gasteiger partial charge in [0.05, 0.1) is 18.9 Å². The molecule has 1 N–H and O–H groups in total. The zero-order valence-electron chi connectivity index (χ0n) is 15.1. The number of amides is 3. The van der Waals surface area contributed by atoms with Crippen LogP contribution in [0.1, 0.15) is 39.3 Å². The summed E-state index contributed by atoms with van der Waals surface area (Å²) in [6.45, 7) is 8.90. The van der Waals surface area contributed by atoms with E-state index < -0.39 is 6.04 Å². The number of carbonyl (C=O) groups is 2. The molecule has 1 atom stereocenters. The number of aromatic nitrogens is 1. The van der Waals surface area contributed by atoms with Crippen LogP contribution in [-0.4, -0.2) is 65.8 Å². The first-order valence-electron chi connectivity index (χ1n) is 8.77. The van der Waals surface area contributed by atoms with Crippen LogP contribution in [0.5, 0.6) is 0 Å². The normalized spacial score (nSPS) is 21.5. The van der Waals surface area contributed by atoms with Crippen molar-refractivity contribution in [2.45, 2.75) is 45.1 Å². The Morgan fingerprint density at radius 1 is 1.24 bits per heavy atom. The largest absolute Gasteiger partial charge is 0.378 e. The van der Waals surface area contributed by atoms with Gasteiger partial charge in [-0.3, -0.25) is 10.1 Å². The Kier molecular flexibility index (Phi) is 4.99. The molecule has 8 heteroatoms. The Bertz CT molecular complexity index is 631. The first-order chi connectivity index (χ1) is 11.9. The number of ether oxygens (including phenoxy) is 1. The van der Waals surface area contributed by atoms with Crippen LogP contribution >= 0.6 is 0 Å². The van der Waals surface area contributed by atoms with E-state index in [1.165, 1.54) is 0 Å². The molecule has 3 rings (SSSR count). The topological polar surface area (TPSA) is 87.9 Å². The summed E-state index contributed by atoms with van der Waals surface area (Å²) < 4.78 is 10.5. The van der Waals surface area contributed by atoms with Gasteiger partial charge < -0.3 is 19.1 Å². The minimum atomic E-state index is -0.474. The Labute approximate surface area is 147 Å². The van der Waals surface area contributed by atoms with Gasteiger partial charge in [-0.15, -0.1) is 0 Å². The molecule has 0 unspecified atom stereocenters. The highest BCUT2D eigenvalue weighted by Gasteiger charge is 2.37. The molecule has 8 nitrogen and oxygen atoms in total. The molecule has 138 valence electrons. The molecule has 3 amide bonds. The van der Waals surface area contributed by atoms with Crippen molar-refractivity contribution in [2.24, 2.45) is 0 Å². The SMILES string of the molecule is CC(C)(C)c1cc(NC(=O)[C@@H]2CCCN2C(=O)N2CCOCC2)on1. The summed E-state index contributed by atoms with van der Waals surface area (Å²) in [4.78, 5) is 28.7. The average molecular weight is 350 g/mol. The van der Waals surface area contributed by atoms with E-state index in [1.54, 1.807) is 15.9 Å². The molecule has 0 saturated carbocycles. The summed E-state index contributed by atoms with van der Waals surface area (Å²) in [6.07, 6.45) is 1.47. The molecule has 0 bridgehead atoms. The van der Waals surface area contributed by atoms with Crippen molar-refractivity contribution >= 4 is 17.8 Å². The van der Waals surface area contributed by atoms with Gasteiger partial charge in [0.1, 0.15) is 6.04 Å². The van der Waals surface area contributed by atoms with Crippen LogP contribution in [0, 0.1) is 0 Å².